The Morgan fingerprint density at radius 2 is 1.93 bits per heavy atom. The van der Waals surface area contributed by atoms with E-state index in [0.717, 1.165) is 17.1 Å². The highest BCUT2D eigenvalue weighted by Crippen LogP contribution is 2.27. The van der Waals surface area contributed by atoms with Crippen LogP contribution in [0.5, 0.6) is 0 Å². The SMILES string of the molecule is CN(NC1=C(C(=O)c2ccc(F)cc2Cl)C(=O)CCC1)C(=O)OC(C)(C)C. The Morgan fingerprint density at radius 3 is 2.52 bits per heavy atom. The Morgan fingerprint density at radius 1 is 1.26 bits per heavy atom. The first kappa shape index (κ1) is 20.9. The minimum absolute atomic E-state index is 0.0301. The molecular weight excluding hydrogens is 375 g/mol. The summed E-state index contributed by atoms with van der Waals surface area (Å²) < 4.78 is 18.5. The smallest absolute Gasteiger partial charge is 0.428 e. The molecule has 27 heavy (non-hydrogen) atoms. The van der Waals surface area contributed by atoms with Crippen LogP contribution < -0.4 is 5.43 Å². The van der Waals surface area contributed by atoms with Crippen LogP contribution in [0.1, 0.15) is 50.4 Å². The fourth-order valence-corrected chi connectivity index (χ4v) is 2.86. The number of nitrogens with zero attached hydrogens (tertiary/aromatic N) is 1. The summed E-state index contributed by atoms with van der Waals surface area (Å²) in [6, 6.07) is 3.36. The standard InChI is InChI=1S/C19H22ClFN2O4/c1-19(2,3)27-18(26)23(4)22-14-6-5-7-15(24)16(14)17(25)12-9-8-11(21)10-13(12)20/h8-10,22H,5-7H2,1-4H3. The van der Waals surface area contributed by atoms with Gasteiger partial charge < -0.3 is 4.74 Å². The van der Waals surface area contributed by atoms with E-state index in [-0.39, 0.29) is 28.4 Å². The van der Waals surface area contributed by atoms with Crippen LogP contribution in [-0.2, 0) is 9.53 Å². The van der Waals surface area contributed by atoms with Crippen LogP contribution >= 0.6 is 11.6 Å². The molecule has 0 aromatic heterocycles. The molecule has 1 N–H and O–H groups in total. The Hall–Kier alpha value is -2.41. The van der Waals surface area contributed by atoms with Crippen LogP contribution in [-0.4, -0.2) is 35.3 Å². The van der Waals surface area contributed by atoms with Crippen molar-refractivity contribution >= 4 is 29.3 Å². The van der Waals surface area contributed by atoms with Crippen LogP contribution in [0.2, 0.25) is 5.02 Å². The van der Waals surface area contributed by atoms with Gasteiger partial charge in [0.15, 0.2) is 11.6 Å². The van der Waals surface area contributed by atoms with E-state index in [4.69, 9.17) is 16.3 Å². The molecule has 0 heterocycles. The van der Waals surface area contributed by atoms with Gasteiger partial charge in [-0.25, -0.2) is 14.2 Å². The number of carbonyl (C=O) groups excluding carboxylic acids is 3. The molecule has 1 aliphatic rings. The molecule has 0 saturated carbocycles. The molecule has 1 aromatic rings. The molecule has 0 bridgehead atoms. The largest absolute Gasteiger partial charge is 0.442 e. The number of rotatable bonds is 4. The van der Waals surface area contributed by atoms with Gasteiger partial charge >= 0.3 is 6.09 Å². The van der Waals surface area contributed by atoms with Crippen molar-refractivity contribution in [3.05, 3.63) is 45.9 Å². The van der Waals surface area contributed by atoms with Crippen molar-refractivity contribution in [2.24, 2.45) is 0 Å². The second-order valence-corrected chi connectivity index (χ2v) is 7.64. The third kappa shape index (κ3) is 5.29. The molecule has 6 nitrogen and oxygen atoms in total. The van der Waals surface area contributed by atoms with Gasteiger partial charge in [0.1, 0.15) is 11.4 Å². The third-order valence-electron chi connectivity index (χ3n) is 3.78. The number of ether oxygens (including phenoxy) is 1. The van der Waals surface area contributed by atoms with Gasteiger partial charge in [0.25, 0.3) is 0 Å². The van der Waals surface area contributed by atoms with Crippen molar-refractivity contribution in [2.45, 2.75) is 45.6 Å². The Bertz CT molecular complexity index is 814. The lowest BCUT2D eigenvalue weighted by atomic mass is 9.89. The van der Waals surface area contributed by atoms with E-state index in [1.54, 1.807) is 20.8 Å². The zero-order chi connectivity index (χ0) is 20.4. The predicted octanol–water partition coefficient (Wildman–Crippen LogP) is 4.04. The van der Waals surface area contributed by atoms with E-state index in [0.29, 0.717) is 18.5 Å². The van der Waals surface area contributed by atoms with Crippen molar-refractivity contribution < 1.29 is 23.5 Å². The summed E-state index contributed by atoms with van der Waals surface area (Å²) >= 11 is 5.97. The minimum Gasteiger partial charge on any atom is -0.442 e. The Labute approximate surface area is 162 Å². The fraction of sp³-hybridized carbons (Fsp3) is 0.421. The van der Waals surface area contributed by atoms with Crippen LogP contribution in [0.4, 0.5) is 9.18 Å². The number of amides is 1. The fourth-order valence-electron chi connectivity index (χ4n) is 2.61. The first-order chi connectivity index (χ1) is 12.5. The molecule has 0 atom stereocenters. The van der Waals surface area contributed by atoms with E-state index in [1.165, 1.54) is 13.1 Å². The van der Waals surface area contributed by atoms with Gasteiger partial charge in [-0.15, -0.1) is 0 Å². The maximum absolute atomic E-state index is 13.3. The highest BCUT2D eigenvalue weighted by atomic mass is 35.5. The zero-order valence-electron chi connectivity index (χ0n) is 15.7. The molecule has 0 spiro atoms. The molecule has 2 rings (SSSR count). The van der Waals surface area contributed by atoms with E-state index < -0.39 is 23.3 Å². The van der Waals surface area contributed by atoms with E-state index in [9.17, 15) is 18.8 Å². The Balaban J connectivity index is 2.33. The molecule has 1 aliphatic carbocycles. The monoisotopic (exact) mass is 396 g/mol. The van der Waals surface area contributed by atoms with Crippen molar-refractivity contribution in [1.29, 1.82) is 0 Å². The van der Waals surface area contributed by atoms with Crippen LogP contribution in [0, 0.1) is 5.82 Å². The maximum atomic E-state index is 13.3. The number of hydrogen-bond acceptors (Lipinski definition) is 5. The molecule has 0 fully saturated rings. The summed E-state index contributed by atoms with van der Waals surface area (Å²) in [5.74, 6) is -1.54. The van der Waals surface area contributed by atoms with Gasteiger partial charge in [0, 0.05) is 24.7 Å². The van der Waals surface area contributed by atoms with Gasteiger partial charge in [0.2, 0.25) is 0 Å². The molecule has 8 heteroatoms. The van der Waals surface area contributed by atoms with Gasteiger partial charge in [-0.3, -0.25) is 15.0 Å². The average molecular weight is 397 g/mol. The number of ketones is 2. The number of allylic oxidation sites excluding steroid dienone is 2. The molecule has 0 saturated heterocycles. The number of hydrazine groups is 1. The van der Waals surface area contributed by atoms with Crippen LogP contribution in [0.25, 0.3) is 0 Å². The summed E-state index contributed by atoms with van der Waals surface area (Å²) in [4.78, 5) is 37.4. The Kier molecular flexibility index (Phi) is 6.26. The number of hydrogen-bond donors (Lipinski definition) is 1. The molecule has 0 aliphatic heterocycles. The number of halogens is 2. The predicted molar refractivity (Wildman–Crippen MR) is 98.8 cm³/mol. The molecule has 1 amide bonds. The number of carbonyl (C=O) groups is 3. The molecule has 0 unspecified atom stereocenters. The number of benzene rings is 1. The molecule has 146 valence electrons. The van der Waals surface area contributed by atoms with Gasteiger partial charge in [-0.1, -0.05) is 11.6 Å². The van der Waals surface area contributed by atoms with E-state index in [2.05, 4.69) is 5.43 Å². The summed E-state index contributed by atoms with van der Waals surface area (Å²) in [6.07, 6.45) is 0.497. The summed E-state index contributed by atoms with van der Waals surface area (Å²) in [7, 11) is 1.44. The first-order valence-electron chi connectivity index (χ1n) is 8.49. The van der Waals surface area contributed by atoms with Crippen LogP contribution in [0.3, 0.4) is 0 Å². The summed E-state index contributed by atoms with van der Waals surface area (Å²) in [5, 5.41) is 1.00. The second kappa shape index (κ2) is 8.08. The average Bonchev–Trinajstić information content (AvgIpc) is 2.52. The molecular formula is C19H22ClFN2O4. The van der Waals surface area contributed by atoms with Crippen molar-refractivity contribution in [3.63, 3.8) is 0 Å². The molecule has 0 radical (unpaired) electrons. The topological polar surface area (TPSA) is 75.7 Å². The van der Waals surface area contributed by atoms with Crippen molar-refractivity contribution in [1.82, 2.24) is 10.4 Å². The second-order valence-electron chi connectivity index (χ2n) is 7.23. The lowest BCUT2D eigenvalue weighted by molar-refractivity contribution is -0.115. The van der Waals surface area contributed by atoms with Gasteiger partial charge in [-0.05, 0) is 51.8 Å². The van der Waals surface area contributed by atoms with Gasteiger partial charge in [-0.2, -0.15) is 0 Å². The summed E-state index contributed by atoms with van der Waals surface area (Å²) in [5.41, 5.74) is 2.35. The normalized spacial score (nSPS) is 14.8. The zero-order valence-corrected chi connectivity index (χ0v) is 16.4. The first-order valence-corrected chi connectivity index (χ1v) is 8.87. The van der Waals surface area contributed by atoms with Gasteiger partial charge in [0.05, 0.1) is 10.6 Å². The molecule has 1 aromatic carbocycles. The minimum atomic E-state index is -0.690. The number of Topliss-reactive ketones (excluding diaryl/α,β-unsaturated/α-hetero) is 2. The van der Waals surface area contributed by atoms with E-state index in [1.807, 2.05) is 0 Å². The van der Waals surface area contributed by atoms with Crippen molar-refractivity contribution in [3.8, 4) is 0 Å². The summed E-state index contributed by atoms with van der Waals surface area (Å²) in [6.45, 7) is 5.19. The highest BCUT2D eigenvalue weighted by Gasteiger charge is 2.30. The lowest BCUT2D eigenvalue weighted by Gasteiger charge is -2.28. The maximum Gasteiger partial charge on any atom is 0.428 e. The third-order valence-corrected chi connectivity index (χ3v) is 4.10. The quantitative estimate of drug-likeness (QED) is 0.472. The highest BCUT2D eigenvalue weighted by molar-refractivity contribution is 6.37. The van der Waals surface area contributed by atoms with Crippen LogP contribution in [0.15, 0.2) is 29.5 Å². The van der Waals surface area contributed by atoms with E-state index >= 15 is 0 Å². The number of nitrogens with one attached hydrogen (secondary N) is 1. The van der Waals surface area contributed by atoms with Crippen molar-refractivity contribution in [2.75, 3.05) is 7.05 Å². The lowest BCUT2D eigenvalue weighted by Crippen LogP contribution is -2.44.